The summed E-state index contributed by atoms with van der Waals surface area (Å²) in [5.74, 6) is -2.82. The Morgan fingerprint density at radius 2 is 1.59 bits per heavy atom. The molecule has 3 N–H and O–H groups in total. The molecule has 41 heavy (non-hydrogen) atoms. The molecule has 2 unspecified atom stereocenters. The van der Waals surface area contributed by atoms with Crippen LogP contribution in [0, 0.1) is 5.92 Å². The third kappa shape index (κ3) is 9.37. The van der Waals surface area contributed by atoms with E-state index in [4.69, 9.17) is 0 Å². The highest BCUT2D eigenvalue weighted by Gasteiger charge is 2.36. The number of hydrogen-bond acceptors (Lipinski definition) is 5. The minimum absolute atomic E-state index is 0.0916. The molecule has 9 nitrogen and oxygen atoms in total. The van der Waals surface area contributed by atoms with Crippen molar-refractivity contribution in [2.45, 2.75) is 45.8 Å². The van der Waals surface area contributed by atoms with Gasteiger partial charge in [0.15, 0.2) is 0 Å². The molecular weight excluding hydrogens is 539 g/mol. The van der Waals surface area contributed by atoms with Crippen LogP contribution < -0.4 is 10.6 Å². The quantitative estimate of drug-likeness (QED) is 0.226. The largest absolute Gasteiger partial charge is 0.343 e. The van der Waals surface area contributed by atoms with E-state index < -0.39 is 30.9 Å². The number of hydrogen-bond donors (Lipinski definition) is 3. The molecule has 2 aromatic carbocycles. The van der Waals surface area contributed by atoms with Crippen LogP contribution in [0.1, 0.15) is 59.9 Å². The Kier molecular flexibility index (Phi) is 11.8. The zero-order chi connectivity index (χ0) is 29.8. The fraction of sp³-hybridized carbons (Fsp3) is 0.355. The topological polar surface area (TPSA) is 129 Å². The van der Waals surface area contributed by atoms with Gasteiger partial charge in [0.2, 0.25) is 13.3 Å². The van der Waals surface area contributed by atoms with Crippen LogP contribution >= 0.6 is 7.37 Å². The fourth-order valence-corrected chi connectivity index (χ4v) is 6.51. The summed E-state index contributed by atoms with van der Waals surface area (Å²) in [4.78, 5) is 56.3. The lowest BCUT2D eigenvalue weighted by Gasteiger charge is -2.26. The molecule has 0 aliphatic carbocycles. The van der Waals surface area contributed by atoms with E-state index >= 15 is 0 Å². The maximum absolute atomic E-state index is 13.7. The molecule has 3 rings (SSSR count). The van der Waals surface area contributed by atoms with E-state index in [1.54, 1.807) is 48.2 Å². The van der Waals surface area contributed by atoms with E-state index in [0.717, 1.165) is 18.4 Å². The van der Waals surface area contributed by atoms with Crippen molar-refractivity contribution in [3.8, 4) is 0 Å². The Bertz CT molecular complexity index is 1350. The predicted molar refractivity (Wildman–Crippen MR) is 161 cm³/mol. The van der Waals surface area contributed by atoms with Crippen LogP contribution in [0.3, 0.4) is 0 Å². The van der Waals surface area contributed by atoms with Crippen molar-refractivity contribution in [2.75, 3.05) is 24.6 Å². The van der Waals surface area contributed by atoms with Crippen molar-refractivity contribution in [1.29, 1.82) is 0 Å². The monoisotopic (exact) mass is 578 g/mol. The normalized spacial score (nSPS) is 13.9. The van der Waals surface area contributed by atoms with Crippen LogP contribution in [0.25, 0.3) is 0 Å². The number of carbonyl (C=O) groups is 3. The molecule has 0 saturated heterocycles. The fourth-order valence-electron chi connectivity index (χ4n) is 4.49. The molecule has 1 heterocycles. The summed E-state index contributed by atoms with van der Waals surface area (Å²) in [6.45, 7) is 6.80. The summed E-state index contributed by atoms with van der Waals surface area (Å²) >= 11 is 0. The van der Waals surface area contributed by atoms with E-state index in [0.29, 0.717) is 24.5 Å². The molecule has 0 aliphatic heterocycles. The van der Waals surface area contributed by atoms with Gasteiger partial charge in [0.25, 0.3) is 11.8 Å². The van der Waals surface area contributed by atoms with E-state index in [1.807, 2.05) is 44.2 Å². The first kappa shape index (κ1) is 31.7. The first-order chi connectivity index (χ1) is 19.6. The van der Waals surface area contributed by atoms with E-state index in [9.17, 15) is 23.8 Å². The van der Waals surface area contributed by atoms with Crippen LogP contribution in [-0.2, 0) is 15.8 Å². The molecule has 0 saturated carbocycles. The Hall–Kier alpha value is -3.81. The van der Waals surface area contributed by atoms with Crippen LogP contribution in [0.5, 0.6) is 0 Å². The highest BCUT2D eigenvalue weighted by Crippen LogP contribution is 2.48. The minimum Gasteiger partial charge on any atom is -0.343 e. The van der Waals surface area contributed by atoms with Gasteiger partial charge < -0.3 is 20.4 Å². The first-order valence-electron chi connectivity index (χ1n) is 13.9. The summed E-state index contributed by atoms with van der Waals surface area (Å²) in [6, 6.07) is 20.5. The lowest BCUT2D eigenvalue weighted by atomic mass is 10.1. The zero-order valence-electron chi connectivity index (χ0n) is 23.8. The van der Waals surface area contributed by atoms with E-state index in [2.05, 4.69) is 15.6 Å². The third-order valence-corrected chi connectivity index (χ3v) is 8.96. The number of amides is 3. The van der Waals surface area contributed by atoms with Crippen molar-refractivity contribution in [3.05, 3.63) is 95.7 Å². The van der Waals surface area contributed by atoms with Crippen LogP contribution in [0.4, 0.5) is 5.82 Å². The molecule has 3 aromatic rings. The lowest BCUT2D eigenvalue weighted by Crippen LogP contribution is -2.38. The summed E-state index contributed by atoms with van der Waals surface area (Å²) in [7, 11) is -4.11. The number of nitrogens with one attached hydrogen (secondary N) is 2. The summed E-state index contributed by atoms with van der Waals surface area (Å²) in [6.07, 6.45) is 2.92. The maximum atomic E-state index is 13.7. The molecule has 0 fully saturated rings. The third-order valence-electron chi connectivity index (χ3n) is 6.60. The molecule has 1 aromatic heterocycles. The van der Waals surface area contributed by atoms with Gasteiger partial charge in [0, 0.05) is 48.9 Å². The number of rotatable bonds is 14. The SMILES string of the molecule is CCCN(CCC)C(=O)c1cccc(C(=O)N[C@@H](Cc2ccccc2)P(=O)(O)CC(C)C(=O)Nc2ccccn2)c1. The number of nitrogens with zero attached hydrogens (tertiary/aromatic N) is 2. The highest BCUT2D eigenvalue weighted by atomic mass is 31.2. The number of benzene rings is 2. The molecule has 218 valence electrons. The summed E-state index contributed by atoms with van der Waals surface area (Å²) in [5, 5.41) is 5.40. The van der Waals surface area contributed by atoms with Gasteiger partial charge in [-0.2, -0.15) is 0 Å². The smallest absolute Gasteiger partial charge is 0.253 e. The minimum atomic E-state index is -4.11. The maximum Gasteiger partial charge on any atom is 0.253 e. The number of pyridine rings is 1. The Morgan fingerprint density at radius 1 is 0.927 bits per heavy atom. The van der Waals surface area contributed by atoms with Gasteiger partial charge in [-0.25, -0.2) is 4.98 Å². The van der Waals surface area contributed by atoms with Crippen LogP contribution in [0.2, 0.25) is 0 Å². The highest BCUT2D eigenvalue weighted by molar-refractivity contribution is 7.58. The molecular formula is C31H39N4O5P. The molecule has 0 aliphatic rings. The van der Waals surface area contributed by atoms with Crippen molar-refractivity contribution in [1.82, 2.24) is 15.2 Å². The van der Waals surface area contributed by atoms with Gasteiger partial charge in [-0.15, -0.1) is 0 Å². The Morgan fingerprint density at radius 3 is 2.22 bits per heavy atom. The standard InChI is InChI=1S/C31H39N4O5P/c1-4-18-35(19-5-2)31(38)26-15-11-14-25(21-26)30(37)34-28(20-24-12-7-6-8-13-24)41(39,40)22-23(3)29(36)33-27-16-9-10-17-32-27/h6-17,21,23,28H,4-5,18-20,22H2,1-3H3,(H,34,37)(H,39,40)(H,32,33,36)/t23?,28-/m1/s1. The van der Waals surface area contributed by atoms with Crippen LogP contribution in [0.15, 0.2) is 79.0 Å². The Balaban J connectivity index is 1.81. The van der Waals surface area contributed by atoms with Gasteiger partial charge in [0.05, 0.1) is 0 Å². The lowest BCUT2D eigenvalue weighted by molar-refractivity contribution is -0.118. The van der Waals surface area contributed by atoms with Gasteiger partial charge in [0.1, 0.15) is 11.6 Å². The average Bonchev–Trinajstić information content (AvgIpc) is 2.97. The average molecular weight is 579 g/mol. The second kappa shape index (κ2) is 15.3. The summed E-state index contributed by atoms with van der Waals surface area (Å²) < 4.78 is 13.7. The Labute approximate surface area is 241 Å². The molecule has 10 heteroatoms. The van der Waals surface area contributed by atoms with Crippen LogP contribution in [-0.4, -0.2) is 57.5 Å². The van der Waals surface area contributed by atoms with Gasteiger partial charge >= 0.3 is 0 Å². The second-order valence-electron chi connectivity index (χ2n) is 10.1. The molecule has 0 bridgehead atoms. The molecule has 3 amide bonds. The first-order valence-corrected chi connectivity index (χ1v) is 15.8. The van der Waals surface area contributed by atoms with Crippen molar-refractivity contribution in [3.63, 3.8) is 0 Å². The van der Waals surface area contributed by atoms with Crippen molar-refractivity contribution >= 4 is 30.9 Å². The van der Waals surface area contributed by atoms with Gasteiger partial charge in [-0.3, -0.25) is 18.9 Å². The number of aromatic nitrogens is 1. The predicted octanol–water partition coefficient (Wildman–Crippen LogP) is 5.19. The number of carbonyl (C=O) groups excluding carboxylic acids is 3. The second-order valence-corrected chi connectivity index (χ2v) is 12.6. The summed E-state index contributed by atoms with van der Waals surface area (Å²) in [5.41, 5.74) is 1.35. The van der Waals surface area contributed by atoms with E-state index in [1.165, 1.54) is 12.3 Å². The van der Waals surface area contributed by atoms with Gasteiger partial charge in [-0.1, -0.05) is 63.2 Å². The zero-order valence-corrected chi connectivity index (χ0v) is 24.7. The molecule has 0 radical (unpaired) electrons. The number of anilines is 1. The molecule has 3 atom stereocenters. The van der Waals surface area contributed by atoms with Crippen molar-refractivity contribution < 1.29 is 23.8 Å². The van der Waals surface area contributed by atoms with E-state index in [-0.39, 0.29) is 24.1 Å². The van der Waals surface area contributed by atoms with Crippen molar-refractivity contribution in [2.24, 2.45) is 5.92 Å². The molecule has 0 spiro atoms. The van der Waals surface area contributed by atoms with Gasteiger partial charge in [-0.05, 0) is 48.7 Å².